The van der Waals surface area contributed by atoms with Crippen molar-refractivity contribution in [3.8, 4) is 11.1 Å². The molecule has 1 aliphatic heterocycles. The normalized spacial score (nSPS) is 15.1. The largest absolute Gasteiger partial charge is 0.478 e. The Bertz CT molecular complexity index is 1300. The second kappa shape index (κ2) is 11.0. The van der Waals surface area contributed by atoms with E-state index in [0.717, 1.165) is 23.1 Å². The first-order chi connectivity index (χ1) is 17.6. The Morgan fingerprint density at radius 1 is 0.973 bits per heavy atom. The third-order valence-corrected chi connectivity index (χ3v) is 6.92. The van der Waals surface area contributed by atoms with Crippen LogP contribution in [0.15, 0.2) is 60.7 Å². The molecule has 0 spiro atoms. The maximum Gasteiger partial charge on any atom is 0.335 e. The molecule has 1 saturated heterocycles. The molecule has 4 rings (SSSR count). The number of halogens is 1. The molecule has 0 aromatic heterocycles. The molecule has 1 fully saturated rings. The zero-order valence-corrected chi connectivity index (χ0v) is 21.8. The molecule has 3 aromatic carbocycles. The Balaban J connectivity index is 1.42. The van der Waals surface area contributed by atoms with Crippen LogP contribution in [0.25, 0.3) is 11.1 Å². The number of nitrogens with zero attached hydrogens (tertiary/aromatic N) is 1. The summed E-state index contributed by atoms with van der Waals surface area (Å²) in [4.78, 5) is 38.8. The lowest BCUT2D eigenvalue weighted by atomic mass is 9.98. The number of carbonyl (C=O) groups is 3. The Kier molecular flexibility index (Phi) is 7.83. The lowest BCUT2D eigenvalue weighted by Crippen LogP contribution is -2.45. The monoisotopic (exact) mass is 519 g/mol. The molecule has 7 nitrogen and oxygen atoms in total. The van der Waals surface area contributed by atoms with Crippen molar-refractivity contribution in [2.24, 2.45) is 0 Å². The van der Waals surface area contributed by atoms with E-state index in [1.807, 2.05) is 43.3 Å². The molecule has 3 N–H and O–H groups in total. The highest BCUT2D eigenvalue weighted by Crippen LogP contribution is 2.33. The molecule has 0 aliphatic carbocycles. The van der Waals surface area contributed by atoms with Crippen molar-refractivity contribution in [3.63, 3.8) is 0 Å². The minimum absolute atomic E-state index is 0.132. The first-order valence-electron chi connectivity index (χ1n) is 12.3. The molecule has 1 atom stereocenters. The Morgan fingerprint density at radius 2 is 1.59 bits per heavy atom. The highest BCUT2D eigenvalue weighted by molar-refractivity contribution is 6.34. The number of amides is 3. The Labute approximate surface area is 221 Å². The molecule has 0 saturated carbocycles. The summed E-state index contributed by atoms with van der Waals surface area (Å²) >= 11 is 6.37. The van der Waals surface area contributed by atoms with Gasteiger partial charge in [-0.2, -0.15) is 0 Å². The second-order valence-electron chi connectivity index (χ2n) is 9.58. The van der Waals surface area contributed by atoms with Gasteiger partial charge in [-0.05, 0) is 78.8 Å². The molecule has 1 heterocycles. The van der Waals surface area contributed by atoms with Crippen LogP contribution in [0.5, 0.6) is 0 Å². The first-order valence-corrected chi connectivity index (χ1v) is 12.6. The van der Waals surface area contributed by atoms with Gasteiger partial charge in [-0.1, -0.05) is 49.7 Å². The van der Waals surface area contributed by atoms with Crippen LogP contribution >= 0.6 is 11.6 Å². The van der Waals surface area contributed by atoms with Crippen LogP contribution in [0.3, 0.4) is 0 Å². The van der Waals surface area contributed by atoms with Crippen molar-refractivity contribution >= 4 is 40.9 Å². The number of benzene rings is 3. The van der Waals surface area contributed by atoms with E-state index in [1.54, 1.807) is 23.1 Å². The van der Waals surface area contributed by atoms with Gasteiger partial charge in [-0.25, -0.2) is 9.59 Å². The maximum atomic E-state index is 13.1. The van der Waals surface area contributed by atoms with Gasteiger partial charge in [0.25, 0.3) is 0 Å². The summed E-state index contributed by atoms with van der Waals surface area (Å²) in [5, 5.41) is 15.4. The van der Waals surface area contributed by atoms with Gasteiger partial charge in [0.1, 0.15) is 6.04 Å². The fourth-order valence-corrected chi connectivity index (χ4v) is 4.98. The minimum atomic E-state index is -1.03. The number of nitrogens with one attached hydrogen (secondary N) is 2. The molecule has 8 heteroatoms. The zero-order valence-electron chi connectivity index (χ0n) is 21.0. The number of carbonyl (C=O) groups excluding carboxylic acids is 2. The van der Waals surface area contributed by atoms with E-state index in [4.69, 9.17) is 11.6 Å². The number of anilines is 2. The van der Waals surface area contributed by atoms with Gasteiger partial charge in [0.2, 0.25) is 5.91 Å². The van der Waals surface area contributed by atoms with Crippen molar-refractivity contribution in [3.05, 3.63) is 82.4 Å². The summed E-state index contributed by atoms with van der Waals surface area (Å²) in [7, 11) is 0. The van der Waals surface area contributed by atoms with Gasteiger partial charge in [-0.3, -0.25) is 4.79 Å². The first kappa shape index (κ1) is 26.2. The van der Waals surface area contributed by atoms with Crippen molar-refractivity contribution in [2.45, 2.75) is 45.6 Å². The zero-order chi connectivity index (χ0) is 26.7. The quantitative estimate of drug-likeness (QED) is 0.334. The lowest BCUT2D eigenvalue weighted by molar-refractivity contribution is -0.119. The number of carboxylic acids is 1. The van der Waals surface area contributed by atoms with Gasteiger partial charge < -0.3 is 20.6 Å². The molecule has 3 amide bonds. The van der Waals surface area contributed by atoms with Gasteiger partial charge >= 0.3 is 12.0 Å². The number of aromatic carboxylic acids is 1. The molecule has 1 aliphatic rings. The number of urea groups is 1. The van der Waals surface area contributed by atoms with Crippen LogP contribution in [0.2, 0.25) is 5.02 Å². The smallest absolute Gasteiger partial charge is 0.335 e. The summed E-state index contributed by atoms with van der Waals surface area (Å²) in [6.07, 6.45) is 1.34. The van der Waals surface area contributed by atoms with E-state index < -0.39 is 12.0 Å². The van der Waals surface area contributed by atoms with E-state index >= 15 is 0 Å². The molecule has 0 radical (unpaired) electrons. The van der Waals surface area contributed by atoms with Crippen LogP contribution in [0.4, 0.5) is 16.2 Å². The van der Waals surface area contributed by atoms with Crippen molar-refractivity contribution in [1.29, 1.82) is 0 Å². The van der Waals surface area contributed by atoms with Crippen molar-refractivity contribution in [1.82, 2.24) is 4.90 Å². The van der Waals surface area contributed by atoms with Gasteiger partial charge in [0, 0.05) is 28.5 Å². The van der Waals surface area contributed by atoms with E-state index in [2.05, 4.69) is 24.5 Å². The number of aryl methyl sites for hydroxylation is 1. The Morgan fingerprint density at radius 3 is 2.19 bits per heavy atom. The van der Waals surface area contributed by atoms with E-state index in [-0.39, 0.29) is 17.5 Å². The average Bonchev–Trinajstić information content (AvgIpc) is 3.35. The number of hydrogen-bond acceptors (Lipinski definition) is 3. The standard InChI is InChI=1S/C29H30ClN3O4/c1-17(2)19-6-10-23(11-7-19)32-29(37)33-14-4-5-25(33)27(34)31-22-12-8-20(9-13-22)26-18(3)15-21(28(35)36)16-24(26)30/h6-13,15-17,25H,4-5,14H2,1-3H3,(H,31,34)(H,32,37)(H,35,36)/t25-/m1/s1. The number of hydrogen-bond donors (Lipinski definition) is 3. The van der Waals surface area contributed by atoms with E-state index in [9.17, 15) is 19.5 Å². The molecule has 0 bridgehead atoms. The maximum absolute atomic E-state index is 13.1. The summed E-state index contributed by atoms with van der Waals surface area (Å²) < 4.78 is 0. The predicted octanol–water partition coefficient (Wildman–Crippen LogP) is 6.77. The third-order valence-electron chi connectivity index (χ3n) is 6.62. The van der Waals surface area contributed by atoms with Crippen LogP contribution in [-0.2, 0) is 4.79 Å². The van der Waals surface area contributed by atoms with E-state index in [0.29, 0.717) is 35.3 Å². The fraction of sp³-hybridized carbons (Fsp3) is 0.276. The highest BCUT2D eigenvalue weighted by Gasteiger charge is 2.34. The van der Waals surface area contributed by atoms with Gasteiger partial charge in [-0.15, -0.1) is 0 Å². The molecule has 3 aromatic rings. The van der Waals surface area contributed by atoms with Crippen LogP contribution < -0.4 is 10.6 Å². The van der Waals surface area contributed by atoms with Crippen LogP contribution in [0, 0.1) is 6.92 Å². The fourth-order valence-electron chi connectivity index (χ4n) is 4.61. The second-order valence-corrected chi connectivity index (χ2v) is 9.99. The number of rotatable bonds is 6. The minimum Gasteiger partial charge on any atom is -0.478 e. The van der Waals surface area contributed by atoms with Crippen molar-refractivity contribution < 1.29 is 19.5 Å². The molecular weight excluding hydrogens is 490 g/mol. The summed E-state index contributed by atoms with van der Waals surface area (Å²) in [6.45, 7) is 6.55. The number of likely N-dealkylation sites (tertiary alicyclic amines) is 1. The summed E-state index contributed by atoms with van der Waals surface area (Å²) in [5.74, 6) is -0.868. The summed E-state index contributed by atoms with van der Waals surface area (Å²) in [5.41, 5.74) is 4.91. The SMILES string of the molecule is Cc1cc(C(=O)O)cc(Cl)c1-c1ccc(NC(=O)[C@H]2CCCN2C(=O)Nc2ccc(C(C)C)cc2)cc1. The van der Waals surface area contributed by atoms with Crippen LogP contribution in [-0.4, -0.2) is 40.5 Å². The van der Waals surface area contributed by atoms with Gasteiger partial charge in [0.15, 0.2) is 0 Å². The third kappa shape index (κ3) is 5.94. The average molecular weight is 520 g/mol. The van der Waals surface area contributed by atoms with Crippen LogP contribution in [0.1, 0.15) is 54.1 Å². The highest BCUT2D eigenvalue weighted by atomic mass is 35.5. The molecular formula is C29H30ClN3O4. The number of carboxylic acid groups (broad SMARTS) is 1. The van der Waals surface area contributed by atoms with Gasteiger partial charge in [0.05, 0.1) is 5.56 Å². The molecule has 0 unspecified atom stereocenters. The predicted molar refractivity (Wildman–Crippen MR) is 146 cm³/mol. The Hall–Kier alpha value is -3.84. The molecule has 37 heavy (non-hydrogen) atoms. The molecule has 192 valence electrons. The lowest BCUT2D eigenvalue weighted by Gasteiger charge is -2.24. The van der Waals surface area contributed by atoms with Crippen molar-refractivity contribution in [2.75, 3.05) is 17.2 Å². The topological polar surface area (TPSA) is 98.7 Å². The van der Waals surface area contributed by atoms with E-state index in [1.165, 1.54) is 11.6 Å². The summed E-state index contributed by atoms with van der Waals surface area (Å²) in [6, 6.07) is 17.1.